The van der Waals surface area contributed by atoms with Crippen LogP contribution in [0.2, 0.25) is 5.02 Å². The molecule has 3 aliphatic rings. The number of guanidine groups is 4. The summed E-state index contributed by atoms with van der Waals surface area (Å²) in [6.07, 6.45) is 0.137. The van der Waals surface area contributed by atoms with Crippen LogP contribution in [0.25, 0.3) is 10.9 Å². The number of nitrogens with zero attached hydrogens (tertiary/aromatic N) is 7. The fourth-order valence-corrected chi connectivity index (χ4v) is 11.4. The molecule has 3 fully saturated rings. The SMILES string of the molecule is CC(C)(C)OC(=O)N=C(NC(=O)OC(C)(C)C)N1CCC(C(N)=O)CC1.CC(C)(C)OC(=O)N=C(NC(=O)OC(C)(C)C)N1CCN(C(c2ccccc2)c2ccccc2)CC1.CC(C)(C)OC(=O)NC(=NC1CCCCC1O)NC(=O)OC(C)(C)C.CC(C)(C)OC(=O)NC(=NCCc1c[nH]c2ccc(Cl)cc12)NC(=O)OC(C)(C)C. The van der Waals surface area contributed by atoms with Crippen molar-refractivity contribution in [3.63, 3.8) is 0 Å². The van der Waals surface area contributed by atoms with Gasteiger partial charge >= 0.3 is 48.7 Å². The van der Waals surface area contributed by atoms with Crippen LogP contribution in [0, 0.1) is 5.92 Å². The van der Waals surface area contributed by atoms with Gasteiger partial charge in [-0.25, -0.2) is 43.3 Å². The van der Waals surface area contributed by atoms with Gasteiger partial charge in [-0.15, -0.1) is 9.98 Å². The third-order valence-electron chi connectivity index (χ3n) is 15.7. The number of likely N-dealkylation sites (tertiary alicyclic amines) is 1. The number of nitrogens with two attached hydrogens (primary N) is 1. The summed E-state index contributed by atoms with van der Waals surface area (Å²) in [7, 11) is 0. The first kappa shape index (κ1) is 99.1. The molecule has 1 aliphatic carbocycles. The zero-order valence-corrected chi connectivity index (χ0v) is 73.5. The van der Waals surface area contributed by atoms with E-state index in [4.69, 9.17) is 55.2 Å². The number of fused-ring (bicyclic) bond motifs is 1. The smallest absolute Gasteiger partial charge is 0.437 e. The molecule has 2 atom stereocenters. The quantitative estimate of drug-likeness (QED) is 0.0449. The molecule has 2 saturated heterocycles. The molecule has 2 aliphatic heterocycles. The number of halogens is 1. The van der Waals surface area contributed by atoms with Gasteiger partial charge in [-0.1, -0.05) is 85.1 Å². The first-order valence-corrected chi connectivity index (χ1v) is 39.6. The Bertz CT molecular complexity index is 3960. The van der Waals surface area contributed by atoms with Crippen molar-refractivity contribution < 1.29 is 86.2 Å². The second-order valence-corrected chi connectivity index (χ2v) is 36.3. The first-order valence-electron chi connectivity index (χ1n) is 39.2. The lowest BCUT2D eigenvalue weighted by Crippen LogP contribution is -2.54. The van der Waals surface area contributed by atoms with Crippen LogP contribution in [0.4, 0.5) is 38.4 Å². The summed E-state index contributed by atoms with van der Waals surface area (Å²) in [5, 5.41) is 26.6. The highest BCUT2D eigenvalue weighted by molar-refractivity contribution is 6.31. The molecular weight excluding hydrogens is 1530 g/mol. The number of nitrogens with one attached hydrogen (secondary N) is 7. The van der Waals surface area contributed by atoms with Gasteiger partial charge in [0, 0.05) is 73.9 Å². The molecule has 1 saturated carbocycles. The minimum Gasteiger partial charge on any atom is -0.444 e. The molecule has 2 unspecified atom stereocenters. The number of aromatic nitrogens is 1. The van der Waals surface area contributed by atoms with Crippen LogP contribution < -0.4 is 37.6 Å². The van der Waals surface area contributed by atoms with Crippen LogP contribution in [0.1, 0.15) is 227 Å². The molecule has 1 aromatic heterocycles. The Morgan fingerprint density at radius 2 is 0.829 bits per heavy atom. The molecule has 3 aromatic carbocycles. The number of aliphatic imine (C=N–C) groups is 4. The highest BCUT2D eigenvalue weighted by atomic mass is 35.5. The standard InChI is InChI=1S/C28H38N4O4.C21H29ClN4O4.C17H30N4O5.C17H31N3O5/c1-27(2,3)35-25(33)29-24(30-26(34)36-28(4,5)6)32-19-17-31(18-20-32)23(21-13-9-7-10-14-21)22-15-11-8-12-16-22;1-20(2,3)29-18(27)25-17(26-19(28)30-21(4,5)6)23-10-9-13-12-24-16-8-7-14(22)11-15(13)16;1-16(2,3)25-14(23)19-13(20-15(24)26-17(4,5)6)21-9-7-11(8-10-21)12(18)22;1-16(2,3)24-14(22)19-13(20-15(23)25-17(4,5)6)18-11-9-7-8-10-12(11)21/h7-16,23H,17-20H2,1-6H3,(H,29,30,33,34);7-8,11-12,24H,9-10H2,1-6H3,(H2,23,25,26,27,28);11H,7-10H2,1-6H3,(H2,18,22)(H,19,20,23,24);11-12,21H,7-10H2,1-6H3,(H2,18,19,20,22,23). The fourth-order valence-electron chi connectivity index (χ4n) is 11.2. The molecule has 7 rings (SSSR count). The number of H-pyrrole nitrogens is 1. The molecule has 33 nitrogen and oxygen atoms in total. The van der Waals surface area contributed by atoms with Crippen LogP contribution in [0.5, 0.6) is 0 Å². The molecule has 0 spiro atoms. The number of amides is 9. The largest absolute Gasteiger partial charge is 0.444 e. The Balaban J connectivity index is 0.000000332. The number of hydrogen-bond donors (Lipinski definition) is 9. The molecular formula is C83H128ClN15O18. The van der Waals surface area contributed by atoms with Gasteiger partial charge in [-0.05, 0) is 233 Å². The second kappa shape index (κ2) is 43.8. The minimum atomic E-state index is -0.819. The summed E-state index contributed by atoms with van der Waals surface area (Å²) in [6.45, 7) is 45.6. The topological polar surface area (TPSA) is 421 Å². The van der Waals surface area contributed by atoms with E-state index in [1.165, 1.54) is 11.1 Å². The molecule has 10 N–H and O–H groups in total. The van der Waals surface area contributed by atoms with E-state index in [1.807, 2.05) is 41.4 Å². The van der Waals surface area contributed by atoms with Gasteiger partial charge in [-0.3, -0.25) is 46.6 Å². The van der Waals surface area contributed by atoms with E-state index in [-0.39, 0.29) is 41.7 Å². The average Bonchev–Trinajstić information content (AvgIpc) is 1.70. The molecule has 650 valence electrons. The van der Waals surface area contributed by atoms with Crippen LogP contribution >= 0.6 is 11.6 Å². The predicted octanol–water partition coefficient (Wildman–Crippen LogP) is 14.7. The van der Waals surface area contributed by atoms with Crippen molar-refractivity contribution in [2.75, 3.05) is 45.8 Å². The highest BCUT2D eigenvalue weighted by Crippen LogP contribution is 2.31. The van der Waals surface area contributed by atoms with E-state index in [1.54, 1.807) is 171 Å². The van der Waals surface area contributed by atoms with Crippen molar-refractivity contribution in [2.45, 2.75) is 274 Å². The summed E-state index contributed by atoms with van der Waals surface area (Å²) in [4.78, 5) is 134. The lowest BCUT2D eigenvalue weighted by Gasteiger charge is -2.40. The number of aliphatic hydroxyl groups is 1. The second-order valence-electron chi connectivity index (χ2n) is 35.9. The number of primary amides is 1. The Labute approximate surface area is 693 Å². The third kappa shape index (κ3) is 41.9. The summed E-state index contributed by atoms with van der Waals surface area (Å²) in [5.41, 5.74) is 4.21. The van der Waals surface area contributed by atoms with Crippen LogP contribution in [-0.2, 0) is 49.1 Å². The predicted molar refractivity (Wildman–Crippen MR) is 450 cm³/mol. The number of carbonyl (C=O) groups is 9. The Kier molecular flexibility index (Phi) is 37.1. The molecule has 9 amide bonds. The normalized spacial score (nSPS) is 16.0. The number of carbonyl (C=O) groups excluding carboxylic acids is 9. The van der Waals surface area contributed by atoms with Crippen LogP contribution in [0.15, 0.2) is 105 Å². The Morgan fingerprint density at radius 1 is 0.470 bits per heavy atom. The van der Waals surface area contributed by atoms with Gasteiger partial charge in [0.15, 0.2) is 0 Å². The maximum absolute atomic E-state index is 12.5. The number of alkyl carbamates (subject to hydrolysis) is 6. The van der Waals surface area contributed by atoms with Gasteiger partial charge in [0.05, 0.1) is 18.2 Å². The monoisotopic (exact) mass is 1660 g/mol. The number of hydrogen-bond acceptors (Lipinski definition) is 21. The summed E-state index contributed by atoms with van der Waals surface area (Å²) >= 11 is 6.09. The Morgan fingerprint density at radius 3 is 1.20 bits per heavy atom. The summed E-state index contributed by atoms with van der Waals surface area (Å²) in [6, 6.07) is 26.1. The van der Waals surface area contributed by atoms with Gasteiger partial charge in [0.2, 0.25) is 29.7 Å². The number of aromatic amines is 1. The van der Waals surface area contributed by atoms with Gasteiger partial charge in [0.25, 0.3) is 0 Å². The van der Waals surface area contributed by atoms with Crippen LogP contribution in [0.3, 0.4) is 0 Å². The number of piperazine rings is 1. The number of piperidine rings is 1. The van der Waals surface area contributed by atoms with E-state index in [9.17, 15) is 48.3 Å². The lowest BCUT2D eigenvalue weighted by atomic mass is 9.93. The van der Waals surface area contributed by atoms with Crippen molar-refractivity contribution >= 4 is 101 Å². The lowest BCUT2D eigenvalue weighted by molar-refractivity contribution is -0.122. The van der Waals surface area contributed by atoms with Gasteiger partial charge in [-0.2, -0.15) is 0 Å². The van der Waals surface area contributed by atoms with Crippen molar-refractivity contribution in [1.29, 1.82) is 0 Å². The summed E-state index contributed by atoms with van der Waals surface area (Å²) in [5.74, 6) is -0.540. The Hall–Kier alpha value is -10.3. The number of aliphatic hydroxyl groups excluding tert-OH is 1. The maximum atomic E-state index is 12.5. The zero-order chi connectivity index (χ0) is 88.2. The van der Waals surface area contributed by atoms with Crippen molar-refractivity contribution in [2.24, 2.45) is 31.6 Å². The van der Waals surface area contributed by atoms with Crippen molar-refractivity contribution in [3.05, 3.63) is 107 Å². The van der Waals surface area contributed by atoms with Crippen molar-refractivity contribution in [3.8, 4) is 0 Å². The van der Waals surface area contributed by atoms with Crippen molar-refractivity contribution in [1.82, 2.24) is 51.6 Å². The molecule has 4 aromatic rings. The maximum Gasteiger partial charge on any atom is 0.437 e. The zero-order valence-electron chi connectivity index (χ0n) is 72.8. The van der Waals surface area contributed by atoms with E-state index in [0.717, 1.165) is 29.3 Å². The third-order valence-corrected chi connectivity index (χ3v) is 15.9. The van der Waals surface area contributed by atoms with E-state index in [0.29, 0.717) is 82.9 Å². The average molecular weight is 1660 g/mol. The molecule has 117 heavy (non-hydrogen) atoms. The fraction of sp³-hybridized carbons (Fsp3) is 0.602. The molecule has 0 bridgehead atoms. The van der Waals surface area contributed by atoms with Gasteiger partial charge < -0.3 is 63.5 Å². The van der Waals surface area contributed by atoms with E-state index in [2.05, 4.69) is 110 Å². The number of rotatable bonds is 8. The van der Waals surface area contributed by atoms with E-state index < -0.39 is 106 Å². The molecule has 0 radical (unpaired) electrons. The van der Waals surface area contributed by atoms with E-state index >= 15 is 0 Å². The number of ether oxygens (including phenoxy) is 8. The minimum absolute atomic E-state index is 0.0384. The first-order chi connectivity index (χ1) is 53.9. The van der Waals surface area contributed by atoms with Crippen LogP contribution in [-0.4, -0.2) is 206 Å². The molecule has 3 heterocycles. The molecule has 34 heteroatoms. The summed E-state index contributed by atoms with van der Waals surface area (Å²) < 4.78 is 42.0. The number of benzene rings is 3. The highest BCUT2D eigenvalue weighted by Gasteiger charge is 2.34. The van der Waals surface area contributed by atoms with Gasteiger partial charge in [0.1, 0.15) is 44.8 Å².